The summed E-state index contributed by atoms with van der Waals surface area (Å²) in [5.41, 5.74) is 0.498. The van der Waals surface area contributed by atoms with E-state index in [9.17, 15) is 15.0 Å². The number of aliphatic hydroxyl groups excluding tert-OH is 2. The Morgan fingerprint density at radius 3 is 2.56 bits per heavy atom. The Hall–Kier alpha value is -1.79. The van der Waals surface area contributed by atoms with Gasteiger partial charge < -0.3 is 24.6 Å². The molecular weight excluding hydrogens is 346 g/mol. The number of nitrogens with zero attached hydrogens (tertiary/aromatic N) is 1. The summed E-state index contributed by atoms with van der Waals surface area (Å²) < 4.78 is 11.4. The number of carbonyl (C=O) groups excluding carboxylic acids is 1. The van der Waals surface area contributed by atoms with Crippen LogP contribution in [0.1, 0.15) is 45.1 Å². The van der Waals surface area contributed by atoms with Gasteiger partial charge in [-0.3, -0.25) is 4.79 Å². The van der Waals surface area contributed by atoms with Crippen LogP contribution in [0.2, 0.25) is 0 Å². The third kappa shape index (κ3) is 4.06. The molecule has 1 aromatic carbocycles. The number of methoxy groups -OCH3 is 1. The van der Waals surface area contributed by atoms with Crippen molar-refractivity contribution in [2.24, 2.45) is 11.3 Å². The molecular formula is C21H31NO5. The van der Waals surface area contributed by atoms with Crippen molar-refractivity contribution in [3.8, 4) is 11.5 Å². The SMILES string of the molecule is COc1ccc([C@@H]2CN(C(=O)[C@H](C)O)C[C@@]2(C)[C@@H](C)O)cc1OCC1CC1. The van der Waals surface area contributed by atoms with Gasteiger partial charge in [-0.05, 0) is 50.3 Å². The molecule has 2 N–H and O–H groups in total. The first-order valence-electron chi connectivity index (χ1n) is 9.72. The van der Waals surface area contributed by atoms with Crippen LogP contribution in [0.4, 0.5) is 0 Å². The molecule has 1 aromatic rings. The lowest BCUT2D eigenvalue weighted by atomic mass is 9.72. The zero-order valence-electron chi connectivity index (χ0n) is 16.6. The first-order chi connectivity index (χ1) is 12.8. The Bertz CT molecular complexity index is 685. The second-order valence-electron chi connectivity index (χ2n) is 8.29. The minimum atomic E-state index is -1.05. The van der Waals surface area contributed by atoms with Gasteiger partial charge in [-0.25, -0.2) is 0 Å². The van der Waals surface area contributed by atoms with E-state index < -0.39 is 17.6 Å². The van der Waals surface area contributed by atoms with Gasteiger partial charge >= 0.3 is 0 Å². The second-order valence-corrected chi connectivity index (χ2v) is 8.29. The summed E-state index contributed by atoms with van der Waals surface area (Å²) in [5.74, 6) is 1.66. The first kappa shape index (κ1) is 20.0. The third-order valence-corrected chi connectivity index (χ3v) is 6.12. The van der Waals surface area contributed by atoms with Crippen LogP contribution in [0.3, 0.4) is 0 Å². The number of benzene rings is 1. The normalized spacial score (nSPS) is 27.3. The minimum Gasteiger partial charge on any atom is -0.493 e. The van der Waals surface area contributed by atoms with Crippen molar-refractivity contribution < 1.29 is 24.5 Å². The summed E-state index contributed by atoms with van der Waals surface area (Å²) >= 11 is 0. The van der Waals surface area contributed by atoms with Gasteiger partial charge in [0.15, 0.2) is 11.5 Å². The molecule has 150 valence electrons. The highest BCUT2D eigenvalue weighted by molar-refractivity contribution is 5.80. The third-order valence-electron chi connectivity index (χ3n) is 6.12. The lowest BCUT2D eigenvalue weighted by Gasteiger charge is -2.34. The van der Waals surface area contributed by atoms with Crippen molar-refractivity contribution in [1.29, 1.82) is 0 Å². The quantitative estimate of drug-likeness (QED) is 0.761. The van der Waals surface area contributed by atoms with Gasteiger partial charge in [-0.15, -0.1) is 0 Å². The molecule has 1 amide bonds. The fourth-order valence-electron chi connectivity index (χ4n) is 3.87. The predicted octanol–water partition coefficient (Wildman–Crippen LogP) is 2.18. The summed E-state index contributed by atoms with van der Waals surface area (Å²) in [6.45, 7) is 6.78. The summed E-state index contributed by atoms with van der Waals surface area (Å²) in [6, 6.07) is 5.84. The van der Waals surface area contributed by atoms with E-state index >= 15 is 0 Å². The van der Waals surface area contributed by atoms with Crippen LogP contribution < -0.4 is 9.47 Å². The maximum Gasteiger partial charge on any atom is 0.251 e. The Morgan fingerprint density at radius 1 is 1.30 bits per heavy atom. The summed E-state index contributed by atoms with van der Waals surface area (Å²) in [6.07, 6.45) is 0.769. The minimum absolute atomic E-state index is 0.0608. The Morgan fingerprint density at radius 2 is 2.00 bits per heavy atom. The van der Waals surface area contributed by atoms with Gasteiger partial charge in [0.25, 0.3) is 5.91 Å². The van der Waals surface area contributed by atoms with Gasteiger partial charge in [-0.2, -0.15) is 0 Å². The highest BCUT2D eigenvalue weighted by atomic mass is 16.5. The Kier molecular flexibility index (Phi) is 5.68. The van der Waals surface area contributed by atoms with E-state index in [1.54, 1.807) is 18.9 Å². The lowest BCUT2D eigenvalue weighted by Crippen LogP contribution is -2.40. The maximum atomic E-state index is 12.3. The lowest BCUT2D eigenvalue weighted by molar-refractivity contribution is -0.138. The highest BCUT2D eigenvalue weighted by Gasteiger charge is 2.48. The molecule has 0 unspecified atom stereocenters. The molecule has 0 spiro atoms. The van der Waals surface area contributed by atoms with Crippen LogP contribution in [0.5, 0.6) is 11.5 Å². The molecule has 2 fully saturated rings. The number of hydrogen-bond donors (Lipinski definition) is 2. The van der Waals surface area contributed by atoms with Gasteiger partial charge in [0, 0.05) is 24.4 Å². The van der Waals surface area contributed by atoms with Crippen molar-refractivity contribution >= 4 is 5.91 Å². The molecule has 0 aromatic heterocycles. The second kappa shape index (κ2) is 7.68. The van der Waals surface area contributed by atoms with Crippen molar-refractivity contribution in [3.63, 3.8) is 0 Å². The molecule has 27 heavy (non-hydrogen) atoms. The zero-order chi connectivity index (χ0) is 19.8. The van der Waals surface area contributed by atoms with E-state index in [0.29, 0.717) is 37.1 Å². The van der Waals surface area contributed by atoms with Gasteiger partial charge in [0.05, 0.1) is 19.8 Å². The predicted molar refractivity (Wildman–Crippen MR) is 102 cm³/mol. The molecule has 0 bridgehead atoms. The fraction of sp³-hybridized carbons (Fsp3) is 0.667. The largest absolute Gasteiger partial charge is 0.493 e. The average molecular weight is 377 g/mol. The fourth-order valence-corrected chi connectivity index (χ4v) is 3.87. The average Bonchev–Trinajstić information content (AvgIpc) is 3.40. The molecule has 1 saturated heterocycles. The molecule has 0 radical (unpaired) electrons. The Balaban J connectivity index is 1.89. The van der Waals surface area contributed by atoms with Crippen molar-refractivity contribution in [2.75, 3.05) is 26.8 Å². The topological polar surface area (TPSA) is 79.2 Å². The van der Waals surface area contributed by atoms with E-state index in [-0.39, 0.29) is 11.8 Å². The molecule has 1 aliphatic heterocycles. The maximum absolute atomic E-state index is 12.3. The van der Waals surface area contributed by atoms with E-state index in [1.165, 1.54) is 19.8 Å². The molecule has 3 rings (SSSR count). The number of amides is 1. The molecule has 6 heteroatoms. The molecule has 1 saturated carbocycles. The van der Waals surface area contributed by atoms with Crippen molar-refractivity contribution in [2.45, 2.75) is 51.7 Å². The van der Waals surface area contributed by atoms with Crippen LogP contribution in [-0.4, -0.2) is 60.0 Å². The molecule has 1 heterocycles. The van der Waals surface area contributed by atoms with Gasteiger partial charge in [0.2, 0.25) is 0 Å². The highest BCUT2D eigenvalue weighted by Crippen LogP contribution is 2.47. The first-order valence-corrected chi connectivity index (χ1v) is 9.72. The summed E-state index contributed by atoms with van der Waals surface area (Å²) in [7, 11) is 1.62. The van der Waals surface area contributed by atoms with Crippen molar-refractivity contribution in [3.05, 3.63) is 23.8 Å². The van der Waals surface area contributed by atoms with Gasteiger partial charge in [-0.1, -0.05) is 13.0 Å². The summed E-state index contributed by atoms with van der Waals surface area (Å²) in [5, 5.41) is 20.2. The van der Waals surface area contributed by atoms with E-state index in [2.05, 4.69) is 0 Å². The monoisotopic (exact) mass is 377 g/mol. The zero-order valence-corrected chi connectivity index (χ0v) is 16.6. The summed E-state index contributed by atoms with van der Waals surface area (Å²) in [4.78, 5) is 14.0. The molecule has 2 aliphatic rings. The van der Waals surface area contributed by atoms with Crippen molar-refractivity contribution in [1.82, 2.24) is 4.90 Å². The van der Waals surface area contributed by atoms with Crippen LogP contribution in [0, 0.1) is 11.3 Å². The number of aliphatic hydroxyl groups is 2. The van der Waals surface area contributed by atoms with Crippen LogP contribution in [0.25, 0.3) is 0 Å². The van der Waals surface area contributed by atoms with Gasteiger partial charge in [0.1, 0.15) is 6.10 Å². The number of carbonyl (C=O) groups is 1. The number of rotatable bonds is 7. The number of hydrogen-bond acceptors (Lipinski definition) is 5. The van der Waals surface area contributed by atoms with Crippen LogP contribution in [0.15, 0.2) is 18.2 Å². The molecule has 1 aliphatic carbocycles. The number of likely N-dealkylation sites (tertiary alicyclic amines) is 1. The van der Waals surface area contributed by atoms with E-state index in [4.69, 9.17) is 9.47 Å². The van der Waals surface area contributed by atoms with E-state index in [0.717, 1.165) is 5.56 Å². The smallest absolute Gasteiger partial charge is 0.251 e. The molecule has 4 atom stereocenters. The number of ether oxygens (including phenoxy) is 2. The standard InChI is InChI=1S/C21H31NO5/c1-13(23)20(25)22-10-17(21(3,12-22)14(2)24)16-7-8-18(26-4)19(9-16)27-11-15-5-6-15/h7-9,13-15,17,23-24H,5-6,10-12H2,1-4H3/t13-,14+,17-,21-/m0/s1. The van der Waals surface area contributed by atoms with Crippen LogP contribution >= 0.6 is 0 Å². The Labute approximate surface area is 161 Å². The van der Waals surface area contributed by atoms with Crippen LogP contribution in [-0.2, 0) is 4.79 Å². The van der Waals surface area contributed by atoms with E-state index in [1.807, 2.05) is 25.1 Å². The molecule has 6 nitrogen and oxygen atoms in total.